The van der Waals surface area contributed by atoms with Crippen molar-refractivity contribution in [1.29, 1.82) is 0 Å². The summed E-state index contributed by atoms with van der Waals surface area (Å²) < 4.78 is 0. The second kappa shape index (κ2) is 3.83. The third-order valence-corrected chi connectivity index (χ3v) is 2.65. The van der Waals surface area contributed by atoms with E-state index in [0.717, 1.165) is 22.0 Å². The van der Waals surface area contributed by atoms with Crippen LogP contribution in [-0.2, 0) is 0 Å². The first-order chi connectivity index (χ1) is 8.34. The minimum absolute atomic E-state index is 0.468. The molecule has 0 aliphatic rings. The molecular weight excluding hydrogens is 212 g/mol. The molecule has 0 spiro atoms. The SMILES string of the molecule is Nc1cc(-c2cccc3ccncc23)ncn1. The number of aromatic nitrogens is 3. The Balaban J connectivity index is 2.30. The molecule has 0 fully saturated rings. The summed E-state index contributed by atoms with van der Waals surface area (Å²) in [5.74, 6) is 0.468. The lowest BCUT2D eigenvalue weighted by atomic mass is 10.0. The van der Waals surface area contributed by atoms with Crippen LogP contribution in [0.25, 0.3) is 22.0 Å². The van der Waals surface area contributed by atoms with E-state index >= 15 is 0 Å². The first-order valence-corrected chi connectivity index (χ1v) is 5.25. The molecule has 0 atom stereocenters. The van der Waals surface area contributed by atoms with Gasteiger partial charge in [0.25, 0.3) is 0 Å². The van der Waals surface area contributed by atoms with E-state index in [1.165, 1.54) is 6.33 Å². The van der Waals surface area contributed by atoms with Crippen LogP contribution in [0.3, 0.4) is 0 Å². The predicted octanol–water partition coefficient (Wildman–Crippen LogP) is 2.27. The average Bonchev–Trinajstić information content (AvgIpc) is 2.38. The Morgan fingerprint density at radius 1 is 1.06 bits per heavy atom. The summed E-state index contributed by atoms with van der Waals surface area (Å²) in [5.41, 5.74) is 7.51. The molecular formula is C13H10N4. The molecule has 0 aliphatic heterocycles. The van der Waals surface area contributed by atoms with Gasteiger partial charge in [0.15, 0.2) is 0 Å². The van der Waals surface area contributed by atoms with Crippen LogP contribution in [0.5, 0.6) is 0 Å². The topological polar surface area (TPSA) is 64.7 Å². The molecule has 4 nitrogen and oxygen atoms in total. The van der Waals surface area contributed by atoms with Crippen molar-refractivity contribution in [1.82, 2.24) is 15.0 Å². The Hall–Kier alpha value is -2.49. The molecule has 1 aromatic carbocycles. The van der Waals surface area contributed by atoms with Crippen molar-refractivity contribution in [2.75, 3.05) is 5.73 Å². The fourth-order valence-electron chi connectivity index (χ4n) is 1.86. The largest absolute Gasteiger partial charge is 0.384 e. The zero-order chi connectivity index (χ0) is 11.7. The van der Waals surface area contributed by atoms with Gasteiger partial charge in [-0.15, -0.1) is 0 Å². The molecule has 2 aromatic heterocycles. The van der Waals surface area contributed by atoms with Gasteiger partial charge in [-0.1, -0.05) is 18.2 Å². The lowest BCUT2D eigenvalue weighted by molar-refractivity contribution is 1.18. The number of pyridine rings is 1. The first kappa shape index (κ1) is 9.72. The van der Waals surface area contributed by atoms with E-state index in [4.69, 9.17) is 5.73 Å². The Bertz CT molecular complexity index is 674. The van der Waals surface area contributed by atoms with Gasteiger partial charge in [-0.25, -0.2) is 9.97 Å². The van der Waals surface area contributed by atoms with Crippen LogP contribution in [0.2, 0.25) is 0 Å². The van der Waals surface area contributed by atoms with Crippen LogP contribution < -0.4 is 5.73 Å². The van der Waals surface area contributed by atoms with Crippen molar-refractivity contribution in [2.45, 2.75) is 0 Å². The number of fused-ring (bicyclic) bond motifs is 1. The monoisotopic (exact) mass is 222 g/mol. The quantitative estimate of drug-likeness (QED) is 0.686. The Kier molecular flexibility index (Phi) is 2.19. The fraction of sp³-hybridized carbons (Fsp3) is 0. The standard InChI is InChI=1S/C13H10N4/c14-13-6-12(16-8-17-13)10-3-1-2-9-4-5-15-7-11(9)10/h1-8H,(H2,14,16,17). The van der Waals surface area contributed by atoms with E-state index in [-0.39, 0.29) is 0 Å². The smallest absolute Gasteiger partial charge is 0.127 e. The minimum atomic E-state index is 0.468. The number of rotatable bonds is 1. The van der Waals surface area contributed by atoms with E-state index in [2.05, 4.69) is 15.0 Å². The van der Waals surface area contributed by atoms with Crippen molar-refractivity contribution in [3.05, 3.63) is 49.1 Å². The Morgan fingerprint density at radius 2 is 2.00 bits per heavy atom. The van der Waals surface area contributed by atoms with E-state index in [9.17, 15) is 0 Å². The molecule has 3 aromatic rings. The lowest BCUT2D eigenvalue weighted by Gasteiger charge is -2.05. The Morgan fingerprint density at radius 3 is 2.88 bits per heavy atom. The zero-order valence-corrected chi connectivity index (χ0v) is 9.04. The van der Waals surface area contributed by atoms with Gasteiger partial charge in [-0.3, -0.25) is 4.98 Å². The van der Waals surface area contributed by atoms with Gasteiger partial charge < -0.3 is 5.73 Å². The molecule has 0 bridgehead atoms. The highest BCUT2D eigenvalue weighted by Crippen LogP contribution is 2.26. The van der Waals surface area contributed by atoms with Gasteiger partial charge in [0.2, 0.25) is 0 Å². The van der Waals surface area contributed by atoms with Crippen molar-refractivity contribution in [2.24, 2.45) is 0 Å². The summed E-state index contributed by atoms with van der Waals surface area (Å²) in [6, 6.07) is 9.79. The molecule has 0 unspecified atom stereocenters. The number of benzene rings is 1. The molecule has 0 radical (unpaired) electrons. The summed E-state index contributed by atoms with van der Waals surface area (Å²) in [6.45, 7) is 0. The molecule has 0 saturated carbocycles. The lowest BCUT2D eigenvalue weighted by Crippen LogP contribution is -1.93. The van der Waals surface area contributed by atoms with Crippen LogP contribution in [0.1, 0.15) is 0 Å². The summed E-state index contributed by atoms with van der Waals surface area (Å²) in [7, 11) is 0. The normalized spacial score (nSPS) is 10.6. The van der Waals surface area contributed by atoms with E-state index in [1.807, 2.05) is 30.5 Å². The third-order valence-electron chi connectivity index (χ3n) is 2.65. The fourth-order valence-corrected chi connectivity index (χ4v) is 1.86. The number of hydrogen-bond donors (Lipinski definition) is 1. The van der Waals surface area contributed by atoms with Crippen LogP contribution in [0.15, 0.2) is 49.1 Å². The highest BCUT2D eigenvalue weighted by Gasteiger charge is 2.05. The van der Waals surface area contributed by atoms with E-state index in [0.29, 0.717) is 5.82 Å². The summed E-state index contributed by atoms with van der Waals surface area (Å²) in [6.07, 6.45) is 5.09. The number of anilines is 1. The molecule has 2 heterocycles. The highest BCUT2D eigenvalue weighted by atomic mass is 14.9. The van der Waals surface area contributed by atoms with Gasteiger partial charge >= 0.3 is 0 Å². The second-order valence-electron chi connectivity index (χ2n) is 3.73. The van der Waals surface area contributed by atoms with Gasteiger partial charge in [-0.05, 0) is 11.5 Å². The molecule has 4 heteroatoms. The van der Waals surface area contributed by atoms with Crippen molar-refractivity contribution >= 4 is 16.6 Å². The molecule has 2 N–H and O–H groups in total. The minimum Gasteiger partial charge on any atom is -0.384 e. The highest BCUT2D eigenvalue weighted by molar-refractivity contribution is 5.95. The van der Waals surface area contributed by atoms with Crippen LogP contribution >= 0.6 is 0 Å². The zero-order valence-electron chi connectivity index (χ0n) is 9.04. The average molecular weight is 222 g/mol. The molecule has 82 valence electrons. The Labute approximate surface area is 98.2 Å². The maximum absolute atomic E-state index is 5.67. The third kappa shape index (κ3) is 1.69. The summed E-state index contributed by atoms with van der Waals surface area (Å²) in [4.78, 5) is 12.3. The predicted molar refractivity (Wildman–Crippen MR) is 67.2 cm³/mol. The number of nitrogens with zero attached hydrogens (tertiary/aromatic N) is 3. The van der Waals surface area contributed by atoms with Crippen LogP contribution in [0, 0.1) is 0 Å². The van der Waals surface area contributed by atoms with Crippen LogP contribution in [0.4, 0.5) is 5.82 Å². The first-order valence-electron chi connectivity index (χ1n) is 5.25. The van der Waals surface area contributed by atoms with Crippen molar-refractivity contribution in [3.8, 4) is 11.3 Å². The summed E-state index contributed by atoms with van der Waals surface area (Å²) >= 11 is 0. The summed E-state index contributed by atoms with van der Waals surface area (Å²) in [5, 5.41) is 2.20. The molecule has 0 amide bonds. The molecule has 0 aliphatic carbocycles. The maximum Gasteiger partial charge on any atom is 0.127 e. The molecule has 17 heavy (non-hydrogen) atoms. The number of hydrogen-bond acceptors (Lipinski definition) is 4. The molecule has 3 rings (SSSR count). The number of nitrogens with two attached hydrogens (primary N) is 1. The van der Waals surface area contributed by atoms with Gasteiger partial charge in [0.05, 0.1) is 5.69 Å². The maximum atomic E-state index is 5.67. The second-order valence-corrected chi connectivity index (χ2v) is 3.73. The van der Waals surface area contributed by atoms with Crippen molar-refractivity contribution in [3.63, 3.8) is 0 Å². The van der Waals surface area contributed by atoms with Gasteiger partial charge in [0.1, 0.15) is 12.1 Å². The van der Waals surface area contributed by atoms with Crippen molar-refractivity contribution < 1.29 is 0 Å². The van der Waals surface area contributed by atoms with E-state index < -0.39 is 0 Å². The van der Waals surface area contributed by atoms with Gasteiger partial charge in [0, 0.05) is 29.4 Å². The van der Waals surface area contributed by atoms with Crippen LogP contribution in [-0.4, -0.2) is 15.0 Å². The van der Waals surface area contributed by atoms with Gasteiger partial charge in [-0.2, -0.15) is 0 Å². The van der Waals surface area contributed by atoms with E-state index in [1.54, 1.807) is 12.3 Å². The molecule has 0 saturated heterocycles. The number of nitrogen functional groups attached to an aromatic ring is 1.